The molecule has 0 spiro atoms. The number of aromatic nitrogens is 2. The molecule has 5 aromatic rings. The number of methoxy groups -OCH3 is 1. The molecule has 1 saturated carbocycles. The van der Waals surface area contributed by atoms with Crippen LogP contribution in [0.25, 0.3) is 16.5 Å². The molecule has 1 aliphatic rings. The van der Waals surface area contributed by atoms with Crippen molar-refractivity contribution >= 4 is 34.8 Å². The fraction of sp³-hybridized carbons (Fsp3) is 0.235. The molecule has 11 heteroatoms. The number of fused-ring (bicyclic) bond motifs is 1. The summed E-state index contributed by atoms with van der Waals surface area (Å²) in [6.45, 7) is 1.03. The van der Waals surface area contributed by atoms with Gasteiger partial charge in [-0.3, -0.25) is 4.79 Å². The minimum Gasteiger partial charge on any atom is -0.496 e. The molecule has 1 atom stereocenters. The molecule has 0 bridgehead atoms. The van der Waals surface area contributed by atoms with Gasteiger partial charge in [-0.15, -0.1) is 12.4 Å². The van der Waals surface area contributed by atoms with Gasteiger partial charge in [-0.2, -0.15) is 18.3 Å². The first-order chi connectivity index (χ1) is 21.2. The predicted octanol–water partition coefficient (Wildman–Crippen LogP) is 7.27. The zero-order chi connectivity index (χ0) is 30.8. The van der Waals surface area contributed by atoms with Crippen molar-refractivity contribution < 1.29 is 22.7 Å². The van der Waals surface area contributed by atoms with Gasteiger partial charge in [0, 0.05) is 23.7 Å². The molecular formula is C34H33ClF3N5O2. The van der Waals surface area contributed by atoms with Crippen molar-refractivity contribution in [2.24, 2.45) is 11.7 Å². The average Bonchev–Trinajstić information content (AvgIpc) is 3.74. The van der Waals surface area contributed by atoms with Crippen molar-refractivity contribution in [3.63, 3.8) is 0 Å². The molecule has 1 amide bonds. The van der Waals surface area contributed by atoms with E-state index in [9.17, 15) is 18.0 Å². The first-order valence-electron chi connectivity index (χ1n) is 14.4. The third-order valence-corrected chi connectivity index (χ3v) is 7.86. The van der Waals surface area contributed by atoms with Gasteiger partial charge in [0.05, 0.1) is 18.8 Å². The van der Waals surface area contributed by atoms with Gasteiger partial charge in [0.25, 0.3) is 5.91 Å². The van der Waals surface area contributed by atoms with E-state index in [4.69, 9.17) is 10.5 Å². The van der Waals surface area contributed by atoms with Gasteiger partial charge in [0.2, 0.25) is 0 Å². The van der Waals surface area contributed by atoms with E-state index in [1.54, 1.807) is 37.4 Å². The molecule has 1 unspecified atom stereocenters. The molecule has 6 rings (SSSR count). The number of nitrogens with one attached hydrogen (secondary N) is 2. The third kappa shape index (κ3) is 6.98. The highest BCUT2D eigenvalue weighted by molar-refractivity contribution is 6.03. The average molecular weight is 636 g/mol. The lowest BCUT2D eigenvalue weighted by Crippen LogP contribution is -2.25. The van der Waals surface area contributed by atoms with E-state index in [0.29, 0.717) is 22.9 Å². The summed E-state index contributed by atoms with van der Waals surface area (Å²) in [7, 11) is 1.65. The highest BCUT2D eigenvalue weighted by Gasteiger charge is 2.36. The number of benzene rings is 4. The zero-order valence-electron chi connectivity index (χ0n) is 24.5. The first kappa shape index (κ1) is 32.0. The van der Waals surface area contributed by atoms with Crippen LogP contribution in [-0.2, 0) is 12.7 Å². The summed E-state index contributed by atoms with van der Waals surface area (Å²) in [5.74, 6) is 0.671. The largest absolute Gasteiger partial charge is 0.496 e. The second kappa shape index (κ2) is 13.3. The van der Waals surface area contributed by atoms with E-state index in [2.05, 4.69) is 21.8 Å². The van der Waals surface area contributed by atoms with Crippen LogP contribution in [0.5, 0.6) is 5.75 Å². The van der Waals surface area contributed by atoms with Crippen LogP contribution in [0.3, 0.4) is 0 Å². The number of rotatable bonds is 10. The number of alkyl halides is 3. The summed E-state index contributed by atoms with van der Waals surface area (Å²) >= 11 is 0. The van der Waals surface area contributed by atoms with Gasteiger partial charge in [0.1, 0.15) is 11.4 Å². The Hall–Kier alpha value is -4.38. The molecule has 7 nitrogen and oxygen atoms in total. The Bertz CT molecular complexity index is 1820. The van der Waals surface area contributed by atoms with E-state index >= 15 is 0 Å². The Kier molecular flexibility index (Phi) is 9.48. The molecule has 45 heavy (non-hydrogen) atoms. The van der Waals surface area contributed by atoms with Crippen LogP contribution in [0.2, 0.25) is 0 Å². The normalized spacial score (nSPS) is 13.7. The van der Waals surface area contributed by atoms with Crippen LogP contribution in [0.15, 0.2) is 91.0 Å². The maximum atomic E-state index is 13.7. The van der Waals surface area contributed by atoms with Crippen LogP contribution >= 0.6 is 12.4 Å². The van der Waals surface area contributed by atoms with E-state index in [-0.39, 0.29) is 30.7 Å². The summed E-state index contributed by atoms with van der Waals surface area (Å²) in [6, 6.07) is 26.6. The standard InChI is InChI=1S/C34H32F3N5O2.ClH/c1-44-30-15-14-28(26-10-2-3-11-27(26)30)32(39-20-21-12-13-21)23-7-5-8-24(17-23)40-33(43)29-18-31(34(35,36)37)41-42(29)25-9-4-6-22(16-25)19-38;/h2-11,14-18,21,32,39H,12-13,19-20,38H2,1H3,(H,40,43);1H. The Morgan fingerprint density at radius 2 is 1.76 bits per heavy atom. The summed E-state index contributed by atoms with van der Waals surface area (Å²) in [6.07, 6.45) is -2.37. The number of nitrogens with zero attached hydrogens (tertiary/aromatic N) is 2. The third-order valence-electron chi connectivity index (χ3n) is 7.86. The topological polar surface area (TPSA) is 94.2 Å². The minimum atomic E-state index is -4.73. The molecular weight excluding hydrogens is 603 g/mol. The van der Waals surface area contributed by atoms with Gasteiger partial charge in [-0.1, -0.05) is 54.6 Å². The highest BCUT2D eigenvalue weighted by atomic mass is 35.5. The highest BCUT2D eigenvalue weighted by Crippen LogP contribution is 2.36. The molecule has 0 saturated heterocycles. The van der Waals surface area contributed by atoms with Gasteiger partial charge in [-0.05, 0) is 77.7 Å². The van der Waals surface area contributed by atoms with Gasteiger partial charge < -0.3 is 21.1 Å². The lowest BCUT2D eigenvalue weighted by molar-refractivity contribution is -0.141. The lowest BCUT2D eigenvalue weighted by Gasteiger charge is -2.23. The molecule has 0 aliphatic heterocycles. The summed E-state index contributed by atoms with van der Waals surface area (Å²) in [5, 5.41) is 12.3. The van der Waals surface area contributed by atoms with Gasteiger partial charge >= 0.3 is 6.18 Å². The van der Waals surface area contributed by atoms with Crippen LogP contribution in [0.1, 0.15) is 51.8 Å². The number of amides is 1. The zero-order valence-corrected chi connectivity index (χ0v) is 25.3. The van der Waals surface area contributed by atoms with E-state index in [0.717, 1.165) is 44.9 Å². The Labute approximate surface area is 265 Å². The van der Waals surface area contributed by atoms with Gasteiger partial charge in [-0.25, -0.2) is 4.68 Å². The van der Waals surface area contributed by atoms with Gasteiger partial charge in [0.15, 0.2) is 5.69 Å². The van der Waals surface area contributed by atoms with Crippen molar-refractivity contribution in [3.8, 4) is 11.4 Å². The Morgan fingerprint density at radius 3 is 2.47 bits per heavy atom. The maximum Gasteiger partial charge on any atom is 0.435 e. The van der Waals surface area contributed by atoms with Crippen molar-refractivity contribution in [2.75, 3.05) is 19.0 Å². The smallest absolute Gasteiger partial charge is 0.435 e. The summed E-state index contributed by atoms with van der Waals surface area (Å²) < 4.78 is 47.7. The molecule has 1 aliphatic carbocycles. The van der Waals surface area contributed by atoms with E-state index < -0.39 is 17.8 Å². The number of ether oxygens (including phenoxy) is 1. The van der Waals surface area contributed by atoms with Crippen LogP contribution in [-0.4, -0.2) is 29.3 Å². The fourth-order valence-corrected chi connectivity index (χ4v) is 5.42. The van der Waals surface area contributed by atoms with Crippen LogP contribution < -0.4 is 21.1 Å². The molecule has 234 valence electrons. The molecule has 1 aromatic heterocycles. The molecule has 1 fully saturated rings. The molecule has 4 N–H and O–H groups in total. The maximum absolute atomic E-state index is 13.7. The van der Waals surface area contributed by atoms with E-state index in [1.165, 1.54) is 12.8 Å². The van der Waals surface area contributed by atoms with Crippen LogP contribution in [0, 0.1) is 5.92 Å². The van der Waals surface area contributed by atoms with Crippen molar-refractivity contribution in [2.45, 2.75) is 31.6 Å². The van der Waals surface area contributed by atoms with Crippen molar-refractivity contribution in [1.82, 2.24) is 15.1 Å². The SMILES string of the molecule is COc1ccc(C(NCC2CC2)c2cccc(NC(=O)c3cc(C(F)(F)F)nn3-c3cccc(CN)c3)c2)c2ccccc12.Cl. The summed E-state index contributed by atoms with van der Waals surface area (Å²) in [4.78, 5) is 13.5. The van der Waals surface area contributed by atoms with Crippen molar-refractivity contribution in [3.05, 3.63) is 119 Å². The molecule has 4 aromatic carbocycles. The second-order valence-electron chi connectivity index (χ2n) is 11.0. The summed E-state index contributed by atoms with van der Waals surface area (Å²) in [5.41, 5.74) is 7.73. The fourth-order valence-electron chi connectivity index (χ4n) is 5.42. The first-order valence-corrected chi connectivity index (χ1v) is 14.4. The number of hydrogen-bond acceptors (Lipinski definition) is 5. The number of carbonyl (C=O) groups excluding carboxylic acids is 1. The minimum absolute atomic E-state index is 0. The van der Waals surface area contributed by atoms with E-state index in [1.807, 2.05) is 48.5 Å². The second-order valence-corrected chi connectivity index (χ2v) is 11.0. The predicted molar refractivity (Wildman–Crippen MR) is 171 cm³/mol. The monoisotopic (exact) mass is 635 g/mol. The number of carbonyl (C=O) groups is 1. The molecule has 1 heterocycles. The Balaban J connectivity index is 0.00000400. The van der Waals surface area contributed by atoms with Crippen molar-refractivity contribution in [1.29, 1.82) is 0 Å². The number of halogens is 4. The number of nitrogens with two attached hydrogens (primary N) is 1. The Morgan fingerprint density at radius 1 is 1.00 bits per heavy atom. The quantitative estimate of drug-likeness (QED) is 0.150. The number of anilines is 1. The lowest BCUT2D eigenvalue weighted by atomic mass is 9.92. The number of hydrogen-bond donors (Lipinski definition) is 3. The molecule has 0 radical (unpaired) electrons. The van der Waals surface area contributed by atoms with Crippen LogP contribution in [0.4, 0.5) is 18.9 Å².